The fourth-order valence-corrected chi connectivity index (χ4v) is 5.23. The van der Waals surface area contributed by atoms with Crippen molar-refractivity contribution in [3.63, 3.8) is 0 Å². The fourth-order valence-electron chi connectivity index (χ4n) is 3.73. The van der Waals surface area contributed by atoms with E-state index in [2.05, 4.69) is 6.92 Å². The summed E-state index contributed by atoms with van der Waals surface area (Å²) in [4.78, 5) is 11.3. The van der Waals surface area contributed by atoms with Crippen molar-refractivity contribution in [3.05, 3.63) is 0 Å². The number of hydrogen-bond donors (Lipinski definition) is 1. The Morgan fingerprint density at radius 2 is 1.07 bits per heavy atom. The molecule has 0 bridgehead atoms. The molecule has 0 aliphatic rings. The average molecular weight is 451 g/mol. The van der Waals surface area contributed by atoms with Gasteiger partial charge in [-0.1, -0.05) is 103 Å². The van der Waals surface area contributed by atoms with Crippen molar-refractivity contribution in [2.45, 2.75) is 115 Å². The van der Waals surface area contributed by atoms with Crippen LogP contribution >= 0.6 is 0 Å². The highest BCUT2D eigenvalue weighted by molar-refractivity contribution is 7.87. The third-order valence-corrected chi connectivity index (χ3v) is 7.31. The van der Waals surface area contributed by atoms with E-state index < -0.39 is 21.5 Å². The zero-order valence-corrected chi connectivity index (χ0v) is 20.9. The normalized spacial score (nSPS) is 13.5. The molecule has 7 heteroatoms. The third kappa shape index (κ3) is 15.2. The molecule has 6 nitrogen and oxygen atoms in total. The monoisotopic (exact) mass is 450 g/mol. The first-order valence-electron chi connectivity index (χ1n) is 12.0. The average Bonchev–Trinajstić information content (AvgIpc) is 2.62. The second-order valence-corrected chi connectivity index (χ2v) is 11.1. The van der Waals surface area contributed by atoms with E-state index in [9.17, 15) is 18.3 Å². The number of carboxylic acids is 1. The Balaban J connectivity index is 3.57. The summed E-state index contributed by atoms with van der Waals surface area (Å²) in [7, 11) is 0.481. The van der Waals surface area contributed by atoms with Crippen molar-refractivity contribution < 1.29 is 27.0 Å². The van der Waals surface area contributed by atoms with Gasteiger partial charge < -0.3 is 9.59 Å². The number of nitrogens with zero attached hydrogens (tertiary/aromatic N) is 1. The van der Waals surface area contributed by atoms with Gasteiger partial charge in [-0.15, -0.1) is 0 Å². The van der Waals surface area contributed by atoms with Gasteiger partial charge >= 0.3 is 21.5 Å². The van der Waals surface area contributed by atoms with Gasteiger partial charge in [0.15, 0.2) is 0 Å². The summed E-state index contributed by atoms with van der Waals surface area (Å²) in [5.74, 6) is -1.38. The third-order valence-electron chi connectivity index (χ3n) is 5.43. The quantitative estimate of drug-likeness (QED) is 0.138. The van der Waals surface area contributed by atoms with Crippen molar-refractivity contribution >= 4 is 16.1 Å². The summed E-state index contributed by atoms with van der Waals surface area (Å²) >= 11 is 0. The van der Waals surface area contributed by atoms with Crippen LogP contribution in [0.3, 0.4) is 0 Å². The number of aliphatic carboxylic acids is 1. The van der Waals surface area contributed by atoms with Crippen LogP contribution in [0.25, 0.3) is 0 Å². The number of quaternary nitrogens is 1. The molecular weight excluding hydrogens is 402 g/mol. The number of carbonyl (C=O) groups is 1. The molecule has 0 aromatic rings. The molecule has 0 aliphatic carbocycles. The van der Waals surface area contributed by atoms with E-state index in [4.69, 9.17) is 4.18 Å². The van der Waals surface area contributed by atoms with Gasteiger partial charge in [0.1, 0.15) is 0 Å². The number of carboxylic acid groups (broad SMARTS) is 1. The molecule has 0 saturated heterocycles. The van der Waals surface area contributed by atoms with Gasteiger partial charge in [-0.2, -0.15) is 8.42 Å². The van der Waals surface area contributed by atoms with E-state index in [0.29, 0.717) is 6.42 Å². The molecule has 0 aromatic heterocycles. The lowest BCUT2D eigenvalue weighted by Gasteiger charge is -2.29. The van der Waals surface area contributed by atoms with Gasteiger partial charge in [0, 0.05) is 0 Å². The van der Waals surface area contributed by atoms with Crippen LogP contribution in [0.4, 0.5) is 0 Å². The van der Waals surface area contributed by atoms with Gasteiger partial charge in [0.05, 0.1) is 27.7 Å². The summed E-state index contributed by atoms with van der Waals surface area (Å²) in [6, 6.07) is 0. The predicted octanol–water partition coefficient (Wildman–Crippen LogP) is 5.71. The Bertz CT molecular complexity index is 528. The number of unbranched alkanes of at least 4 members (excludes halogenated alkanes) is 15. The largest absolute Gasteiger partial charge is 0.476 e. The highest BCUT2D eigenvalue weighted by Gasteiger charge is 2.44. The maximum absolute atomic E-state index is 12.2. The number of likely N-dealkylation sites (N-methyl/N-ethyl adjacent to an activating group) is 1. The minimum Gasteiger partial charge on any atom is -0.476 e. The molecular formula is C23H48NO5S+. The van der Waals surface area contributed by atoms with Crippen LogP contribution in [0.2, 0.25) is 0 Å². The maximum Gasteiger partial charge on any atom is 0.381 e. The minimum absolute atomic E-state index is 0.0601. The van der Waals surface area contributed by atoms with Crippen LogP contribution in [0.5, 0.6) is 0 Å². The smallest absolute Gasteiger partial charge is 0.381 e. The van der Waals surface area contributed by atoms with E-state index >= 15 is 0 Å². The summed E-state index contributed by atoms with van der Waals surface area (Å²) in [5.41, 5.74) is 0. The van der Waals surface area contributed by atoms with Crippen molar-refractivity contribution in [3.8, 4) is 0 Å². The molecule has 1 atom stereocenters. The molecule has 0 spiro atoms. The topological polar surface area (TPSA) is 80.7 Å². The van der Waals surface area contributed by atoms with Crippen LogP contribution in [-0.2, 0) is 19.1 Å². The summed E-state index contributed by atoms with van der Waals surface area (Å²) < 4.78 is 29.1. The lowest BCUT2D eigenvalue weighted by Crippen LogP contribution is -2.54. The molecule has 0 aromatic carbocycles. The first kappa shape index (κ1) is 29.3. The van der Waals surface area contributed by atoms with Gasteiger partial charge in [-0.3, -0.25) is 4.18 Å². The van der Waals surface area contributed by atoms with Crippen LogP contribution in [-0.4, -0.2) is 57.1 Å². The molecule has 30 heavy (non-hydrogen) atoms. The SMILES string of the molecule is CCCCCCCCCCCCCCCCCCOS(=O)(=O)C(C(=O)O)[N+](C)(C)C. The zero-order valence-electron chi connectivity index (χ0n) is 20.0. The molecule has 0 radical (unpaired) electrons. The molecule has 180 valence electrons. The minimum atomic E-state index is -4.13. The van der Waals surface area contributed by atoms with Crippen molar-refractivity contribution in [2.75, 3.05) is 27.7 Å². The predicted molar refractivity (Wildman–Crippen MR) is 124 cm³/mol. The van der Waals surface area contributed by atoms with Crippen molar-refractivity contribution in [2.24, 2.45) is 0 Å². The molecule has 1 unspecified atom stereocenters. The second-order valence-electron chi connectivity index (χ2n) is 9.42. The maximum atomic E-state index is 12.2. The Morgan fingerprint density at radius 1 is 0.733 bits per heavy atom. The van der Waals surface area contributed by atoms with E-state index in [1.165, 1.54) is 105 Å². The first-order chi connectivity index (χ1) is 14.1. The fraction of sp³-hybridized carbons (Fsp3) is 0.957. The van der Waals surface area contributed by atoms with E-state index in [0.717, 1.165) is 12.8 Å². The van der Waals surface area contributed by atoms with E-state index in [-0.39, 0.29) is 11.1 Å². The Labute approximate surface area is 186 Å². The Hall–Kier alpha value is -0.660. The van der Waals surface area contributed by atoms with Crippen LogP contribution in [0.1, 0.15) is 110 Å². The first-order valence-corrected chi connectivity index (χ1v) is 13.5. The molecule has 0 aliphatic heterocycles. The molecule has 0 amide bonds. The number of rotatable bonds is 21. The van der Waals surface area contributed by atoms with E-state index in [1.807, 2.05) is 0 Å². The highest BCUT2D eigenvalue weighted by atomic mass is 32.2. The van der Waals surface area contributed by atoms with Crippen LogP contribution < -0.4 is 0 Å². The van der Waals surface area contributed by atoms with Crippen LogP contribution in [0.15, 0.2) is 0 Å². The summed E-state index contributed by atoms with van der Waals surface area (Å²) in [6.07, 6.45) is 20.0. The van der Waals surface area contributed by atoms with Gasteiger partial charge in [0.25, 0.3) is 0 Å². The highest BCUT2D eigenvalue weighted by Crippen LogP contribution is 2.16. The lowest BCUT2D eigenvalue weighted by molar-refractivity contribution is -0.873. The van der Waals surface area contributed by atoms with Gasteiger partial charge in [-0.25, -0.2) is 4.79 Å². The Kier molecular flexibility index (Phi) is 16.6. The summed E-state index contributed by atoms with van der Waals surface area (Å²) in [5, 5.41) is 7.61. The van der Waals surface area contributed by atoms with Gasteiger partial charge in [0.2, 0.25) is 0 Å². The Morgan fingerprint density at radius 3 is 1.37 bits per heavy atom. The standard InChI is InChI=1S/C23H47NO5S/c1-5-6-7-8-9-10-11-12-13-14-15-16-17-18-19-20-21-29-30(27,28)22(23(25)26)24(2,3)4/h22H,5-21H2,1-4H3/p+1. The zero-order chi connectivity index (χ0) is 22.9. The molecule has 1 N–H and O–H groups in total. The molecule has 0 fully saturated rings. The van der Waals surface area contributed by atoms with Crippen molar-refractivity contribution in [1.82, 2.24) is 0 Å². The second kappa shape index (κ2) is 17.0. The van der Waals surface area contributed by atoms with Gasteiger partial charge in [-0.05, 0) is 6.42 Å². The molecule has 0 saturated carbocycles. The lowest BCUT2D eigenvalue weighted by atomic mass is 10.0. The number of hydrogen-bond acceptors (Lipinski definition) is 4. The van der Waals surface area contributed by atoms with Crippen molar-refractivity contribution in [1.29, 1.82) is 0 Å². The van der Waals surface area contributed by atoms with Crippen LogP contribution in [0, 0.1) is 0 Å². The molecule has 0 rings (SSSR count). The summed E-state index contributed by atoms with van der Waals surface area (Å²) in [6.45, 7) is 2.32. The van der Waals surface area contributed by atoms with E-state index in [1.54, 1.807) is 0 Å². The molecule has 0 heterocycles.